The summed E-state index contributed by atoms with van der Waals surface area (Å²) in [6.07, 6.45) is 4.46. The van der Waals surface area contributed by atoms with E-state index in [1.165, 1.54) is 16.9 Å². The van der Waals surface area contributed by atoms with E-state index in [1.807, 2.05) is 19.1 Å². The Bertz CT molecular complexity index is 896. The van der Waals surface area contributed by atoms with Gasteiger partial charge < -0.3 is 9.72 Å². The zero-order chi connectivity index (χ0) is 14.6. The first kappa shape index (κ1) is 12.6. The number of aromatic amines is 1. The number of aromatic nitrogens is 2. The van der Waals surface area contributed by atoms with E-state index in [2.05, 4.69) is 16.9 Å². The van der Waals surface area contributed by atoms with Crippen molar-refractivity contribution in [2.75, 3.05) is 0 Å². The molecule has 0 unspecified atom stereocenters. The molecule has 0 saturated heterocycles. The lowest BCUT2D eigenvalue weighted by molar-refractivity contribution is 0.219. The number of thiophene rings is 1. The number of hydrogen-bond acceptors (Lipinski definition) is 4. The molecular formula is C16H14N2O2S. The van der Waals surface area contributed by atoms with Crippen LogP contribution >= 0.6 is 11.3 Å². The van der Waals surface area contributed by atoms with Crippen LogP contribution in [0.2, 0.25) is 0 Å². The van der Waals surface area contributed by atoms with Crippen molar-refractivity contribution < 1.29 is 4.74 Å². The zero-order valence-corrected chi connectivity index (χ0v) is 12.6. The summed E-state index contributed by atoms with van der Waals surface area (Å²) in [4.78, 5) is 20.3. The molecule has 0 spiro atoms. The van der Waals surface area contributed by atoms with Crippen molar-refractivity contribution in [2.24, 2.45) is 0 Å². The fourth-order valence-electron chi connectivity index (χ4n) is 2.93. The molecular weight excluding hydrogens is 284 g/mol. The predicted molar refractivity (Wildman–Crippen MR) is 84.2 cm³/mol. The Morgan fingerprint density at radius 2 is 2.14 bits per heavy atom. The number of nitrogens with one attached hydrogen (secondary N) is 1. The van der Waals surface area contributed by atoms with Gasteiger partial charge in [-0.2, -0.15) is 0 Å². The van der Waals surface area contributed by atoms with Crippen LogP contribution in [0, 0.1) is 6.92 Å². The summed E-state index contributed by atoms with van der Waals surface area (Å²) in [6, 6.07) is 3.90. The van der Waals surface area contributed by atoms with Crippen molar-refractivity contribution >= 4 is 21.4 Å². The second kappa shape index (κ2) is 4.43. The van der Waals surface area contributed by atoms with Crippen LogP contribution in [0.1, 0.15) is 18.2 Å². The maximum Gasteiger partial charge on any atom is 0.266 e. The molecule has 0 amide bonds. The van der Waals surface area contributed by atoms with Crippen LogP contribution in [-0.4, -0.2) is 16.1 Å². The number of aryl methyl sites for hydroxylation is 1. The highest BCUT2D eigenvalue weighted by atomic mass is 32.1. The molecule has 106 valence electrons. The third-order valence-corrected chi connectivity index (χ3v) is 5.10. The number of H-pyrrole nitrogens is 1. The van der Waals surface area contributed by atoms with E-state index in [0.29, 0.717) is 0 Å². The highest BCUT2D eigenvalue weighted by molar-refractivity contribution is 7.22. The van der Waals surface area contributed by atoms with Gasteiger partial charge in [0, 0.05) is 29.9 Å². The fourth-order valence-corrected chi connectivity index (χ4v) is 4.09. The van der Waals surface area contributed by atoms with Gasteiger partial charge in [-0.3, -0.25) is 9.78 Å². The second-order valence-electron chi connectivity index (χ2n) is 5.39. The molecule has 3 aromatic heterocycles. The van der Waals surface area contributed by atoms with Crippen molar-refractivity contribution in [2.45, 2.75) is 26.4 Å². The zero-order valence-electron chi connectivity index (χ0n) is 11.8. The van der Waals surface area contributed by atoms with Gasteiger partial charge in [-0.1, -0.05) is 0 Å². The van der Waals surface area contributed by atoms with E-state index in [-0.39, 0.29) is 11.7 Å². The molecule has 1 aliphatic rings. The van der Waals surface area contributed by atoms with E-state index in [9.17, 15) is 4.79 Å². The number of hydrogen-bond donors (Lipinski definition) is 1. The van der Waals surface area contributed by atoms with Gasteiger partial charge in [0.05, 0.1) is 4.88 Å². The van der Waals surface area contributed by atoms with Crippen LogP contribution in [0.5, 0.6) is 5.75 Å². The van der Waals surface area contributed by atoms with Gasteiger partial charge in [0.2, 0.25) is 0 Å². The second-order valence-corrected chi connectivity index (χ2v) is 6.41. The van der Waals surface area contributed by atoms with Crippen LogP contribution < -0.4 is 10.3 Å². The summed E-state index contributed by atoms with van der Waals surface area (Å²) in [5, 5.41) is 0.992. The van der Waals surface area contributed by atoms with Crippen LogP contribution in [-0.2, 0) is 6.42 Å². The number of rotatable bonds is 1. The topological polar surface area (TPSA) is 55.0 Å². The molecule has 0 bridgehead atoms. The monoisotopic (exact) mass is 298 g/mol. The lowest BCUT2D eigenvalue weighted by Crippen LogP contribution is -2.22. The Morgan fingerprint density at radius 1 is 1.38 bits per heavy atom. The van der Waals surface area contributed by atoms with Gasteiger partial charge in [-0.05, 0) is 37.1 Å². The van der Waals surface area contributed by atoms with E-state index >= 15 is 0 Å². The average Bonchev–Trinajstić information content (AvgIpc) is 2.86. The highest BCUT2D eigenvalue weighted by Gasteiger charge is 2.27. The number of pyridine rings is 2. The molecule has 0 saturated carbocycles. The molecule has 4 nitrogen and oxygen atoms in total. The maximum absolute atomic E-state index is 12.3. The largest absolute Gasteiger partial charge is 0.488 e. The number of ether oxygens (including phenoxy) is 1. The molecule has 4 heterocycles. The molecule has 3 aromatic rings. The minimum absolute atomic E-state index is 0.0315. The summed E-state index contributed by atoms with van der Waals surface area (Å²) in [7, 11) is 0. The normalized spacial score (nSPS) is 17.0. The Morgan fingerprint density at radius 3 is 2.90 bits per heavy atom. The standard InChI is InChI=1S/C16H14N2O2S/c1-8-7-11-9(2)18-16(19)15-12(11)13(20-8)14(21-15)10-3-5-17-6-4-10/h3-6,8H,7H2,1-2H3,(H,18,19)/t8-/m0/s1. The quantitative estimate of drug-likeness (QED) is 0.750. The van der Waals surface area contributed by atoms with Gasteiger partial charge in [0.15, 0.2) is 0 Å². The smallest absolute Gasteiger partial charge is 0.266 e. The van der Waals surface area contributed by atoms with Gasteiger partial charge >= 0.3 is 0 Å². The van der Waals surface area contributed by atoms with Crippen molar-refractivity contribution in [3.05, 3.63) is 46.1 Å². The van der Waals surface area contributed by atoms with Crippen molar-refractivity contribution in [3.63, 3.8) is 0 Å². The molecule has 21 heavy (non-hydrogen) atoms. The van der Waals surface area contributed by atoms with E-state index < -0.39 is 0 Å². The molecule has 0 radical (unpaired) electrons. The Hall–Kier alpha value is -2.14. The van der Waals surface area contributed by atoms with Crippen LogP contribution in [0.15, 0.2) is 29.3 Å². The summed E-state index contributed by atoms with van der Waals surface area (Å²) >= 11 is 1.50. The van der Waals surface area contributed by atoms with Gasteiger partial charge in [0.1, 0.15) is 16.6 Å². The number of nitrogens with zero attached hydrogens (tertiary/aromatic N) is 1. The summed E-state index contributed by atoms with van der Waals surface area (Å²) in [5.41, 5.74) is 3.16. The minimum atomic E-state index is -0.0315. The minimum Gasteiger partial charge on any atom is -0.488 e. The van der Waals surface area contributed by atoms with Gasteiger partial charge in [-0.15, -0.1) is 11.3 Å². The van der Waals surface area contributed by atoms with Crippen LogP contribution in [0.3, 0.4) is 0 Å². The summed E-state index contributed by atoms with van der Waals surface area (Å²) < 4.78 is 6.83. The first-order chi connectivity index (χ1) is 10.1. The summed E-state index contributed by atoms with van der Waals surface area (Å²) in [5.74, 6) is 0.851. The fraction of sp³-hybridized carbons (Fsp3) is 0.250. The first-order valence-electron chi connectivity index (χ1n) is 6.90. The van der Waals surface area contributed by atoms with Crippen molar-refractivity contribution in [1.82, 2.24) is 9.97 Å². The molecule has 1 N–H and O–H groups in total. The lowest BCUT2D eigenvalue weighted by Gasteiger charge is -2.23. The molecule has 4 rings (SSSR count). The van der Waals surface area contributed by atoms with Crippen LogP contribution in [0.25, 0.3) is 20.5 Å². The third-order valence-electron chi connectivity index (χ3n) is 3.88. The van der Waals surface area contributed by atoms with Crippen LogP contribution in [0.4, 0.5) is 0 Å². The summed E-state index contributed by atoms with van der Waals surface area (Å²) in [6.45, 7) is 4.02. The Labute approximate surface area is 125 Å². The third kappa shape index (κ3) is 1.81. The maximum atomic E-state index is 12.3. The van der Waals surface area contributed by atoms with Crippen molar-refractivity contribution in [3.8, 4) is 16.2 Å². The predicted octanol–water partition coefficient (Wildman–Crippen LogP) is 3.28. The van der Waals surface area contributed by atoms with E-state index in [1.54, 1.807) is 12.4 Å². The Balaban J connectivity index is 2.12. The lowest BCUT2D eigenvalue weighted by atomic mass is 9.99. The SMILES string of the molecule is Cc1[nH]c(=O)c2sc(-c3ccncc3)c3c2c1C[C@H](C)O3. The molecule has 0 aliphatic carbocycles. The molecule has 1 atom stereocenters. The highest BCUT2D eigenvalue weighted by Crippen LogP contribution is 2.47. The molecule has 5 heteroatoms. The van der Waals surface area contributed by atoms with E-state index in [4.69, 9.17) is 4.74 Å². The van der Waals surface area contributed by atoms with Gasteiger partial charge in [0.25, 0.3) is 5.56 Å². The average molecular weight is 298 g/mol. The molecule has 1 aliphatic heterocycles. The van der Waals surface area contributed by atoms with Gasteiger partial charge in [-0.25, -0.2) is 0 Å². The Kier molecular flexibility index (Phi) is 2.65. The molecule has 0 aromatic carbocycles. The van der Waals surface area contributed by atoms with E-state index in [0.717, 1.165) is 38.4 Å². The first-order valence-corrected chi connectivity index (χ1v) is 7.72. The van der Waals surface area contributed by atoms with Crippen molar-refractivity contribution in [1.29, 1.82) is 0 Å². The molecule has 0 fully saturated rings.